The SMILES string of the molecule is CCCN1CCN(C(=O)c2ccc(=O)[nH]n2)C[C@H](Cc2ccc(-c3ccccc3)cc2)C1=O. The lowest BCUT2D eigenvalue weighted by Crippen LogP contribution is -2.38. The zero-order valence-electron chi connectivity index (χ0n) is 18.7. The van der Waals surface area contributed by atoms with Gasteiger partial charge in [-0.1, -0.05) is 61.5 Å². The predicted octanol–water partition coefficient (Wildman–Crippen LogP) is 2.99. The monoisotopic (exact) mass is 444 g/mol. The number of amides is 2. The quantitative estimate of drug-likeness (QED) is 0.633. The number of H-pyrrole nitrogens is 1. The molecule has 2 amide bonds. The number of benzene rings is 2. The van der Waals surface area contributed by atoms with E-state index in [4.69, 9.17) is 0 Å². The summed E-state index contributed by atoms with van der Waals surface area (Å²) in [6, 6.07) is 21.1. The number of nitrogens with one attached hydrogen (secondary N) is 1. The van der Waals surface area contributed by atoms with Crippen molar-refractivity contribution in [3.63, 3.8) is 0 Å². The second-order valence-electron chi connectivity index (χ2n) is 8.35. The van der Waals surface area contributed by atoms with Crippen molar-refractivity contribution >= 4 is 11.8 Å². The van der Waals surface area contributed by atoms with Gasteiger partial charge in [0.1, 0.15) is 5.69 Å². The van der Waals surface area contributed by atoms with E-state index >= 15 is 0 Å². The first-order valence-electron chi connectivity index (χ1n) is 11.3. The van der Waals surface area contributed by atoms with E-state index in [0.29, 0.717) is 32.6 Å². The van der Waals surface area contributed by atoms with Gasteiger partial charge in [-0.2, -0.15) is 5.10 Å². The van der Waals surface area contributed by atoms with Gasteiger partial charge in [0.25, 0.3) is 11.5 Å². The number of hydrogen-bond acceptors (Lipinski definition) is 4. The average molecular weight is 445 g/mol. The average Bonchev–Trinajstić information content (AvgIpc) is 3.00. The second-order valence-corrected chi connectivity index (χ2v) is 8.35. The maximum absolute atomic E-state index is 13.3. The minimum atomic E-state index is -0.358. The summed E-state index contributed by atoms with van der Waals surface area (Å²) in [5.74, 6) is -0.538. The Labute approximate surface area is 193 Å². The van der Waals surface area contributed by atoms with Gasteiger partial charge in [-0.25, -0.2) is 5.10 Å². The molecule has 3 aromatic rings. The summed E-state index contributed by atoms with van der Waals surface area (Å²) in [5, 5.41) is 6.19. The number of carbonyl (C=O) groups excluding carboxylic acids is 2. The van der Waals surface area contributed by atoms with Crippen LogP contribution in [0.1, 0.15) is 29.4 Å². The highest BCUT2D eigenvalue weighted by atomic mass is 16.2. The van der Waals surface area contributed by atoms with Gasteiger partial charge in [-0.15, -0.1) is 0 Å². The molecule has 1 atom stereocenters. The van der Waals surface area contributed by atoms with Crippen molar-refractivity contribution in [3.8, 4) is 11.1 Å². The molecule has 2 aromatic carbocycles. The van der Waals surface area contributed by atoms with E-state index in [1.807, 2.05) is 30.0 Å². The topological polar surface area (TPSA) is 86.4 Å². The van der Waals surface area contributed by atoms with Crippen LogP contribution in [0.5, 0.6) is 0 Å². The van der Waals surface area contributed by atoms with Gasteiger partial charge < -0.3 is 9.80 Å². The van der Waals surface area contributed by atoms with Crippen LogP contribution in [0.3, 0.4) is 0 Å². The van der Waals surface area contributed by atoms with E-state index in [9.17, 15) is 14.4 Å². The summed E-state index contributed by atoms with van der Waals surface area (Å²) in [6.07, 6.45) is 1.41. The third-order valence-electron chi connectivity index (χ3n) is 5.96. The Kier molecular flexibility index (Phi) is 6.98. The first-order chi connectivity index (χ1) is 16.0. The first kappa shape index (κ1) is 22.5. The molecule has 1 aliphatic rings. The van der Waals surface area contributed by atoms with Gasteiger partial charge in [0, 0.05) is 32.2 Å². The number of hydrogen-bond donors (Lipinski definition) is 1. The molecular formula is C26H28N4O3. The fourth-order valence-electron chi connectivity index (χ4n) is 4.25. The van der Waals surface area contributed by atoms with Crippen LogP contribution in [0.25, 0.3) is 11.1 Å². The van der Waals surface area contributed by atoms with Crippen LogP contribution in [-0.4, -0.2) is 58.0 Å². The van der Waals surface area contributed by atoms with Crippen molar-refractivity contribution < 1.29 is 9.59 Å². The molecule has 0 spiro atoms. The third kappa shape index (κ3) is 5.37. The highest BCUT2D eigenvalue weighted by Crippen LogP contribution is 2.22. The Morgan fingerprint density at radius 1 is 0.970 bits per heavy atom. The summed E-state index contributed by atoms with van der Waals surface area (Å²) >= 11 is 0. The number of nitrogens with zero attached hydrogens (tertiary/aromatic N) is 3. The molecule has 7 nitrogen and oxygen atoms in total. The molecule has 0 unspecified atom stereocenters. The molecule has 170 valence electrons. The number of carbonyl (C=O) groups is 2. The van der Waals surface area contributed by atoms with Gasteiger partial charge in [0.2, 0.25) is 5.91 Å². The zero-order chi connectivity index (χ0) is 23.2. The minimum absolute atomic E-state index is 0.0775. The smallest absolute Gasteiger partial charge is 0.274 e. The lowest BCUT2D eigenvalue weighted by molar-refractivity contribution is -0.134. The van der Waals surface area contributed by atoms with E-state index in [0.717, 1.165) is 23.1 Å². The lowest BCUT2D eigenvalue weighted by atomic mass is 9.95. The van der Waals surface area contributed by atoms with Crippen LogP contribution in [0.4, 0.5) is 0 Å². The van der Waals surface area contributed by atoms with Crippen LogP contribution in [-0.2, 0) is 11.2 Å². The van der Waals surface area contributed by atoms with Crippen molar-refractivity contribution in [3.05, 3.63) is 88.3 Å². The maximum atomic E-state index is 13.3. The zero-order valence-corrected chi connectivity index (χ0v) is 18.7. The predicted molar refractivity (Wildman–Crippen MR) is 127 cm³/mol. The Morgan fingerprint density at radius 3 is 2.36 bits per heavy atom. The maximum Gasteiger partial charge on any atom is 0.274 e. The molecule has 7 heteroatoms. The Hall–Kier alpha value is -3.74. The van der Waals surface area contributed by atoms with E-state index in [1.165, 1.54) is 12.1 Å². The standard InChI is InChI=1S/C26H28N4O3/c1-2-14-29-15-16-30(26(33)23-12-13-24(31)28-27-23)18-22(25(29)32)17-19-8-10-21(11-9-19)20-6-4-3-5-7-20/h3-13,22H,2,14-18H2,1H3,(H,28,31)/t22-/m0/s1. The van der Waals surface area contributed by atoms with E-state index < -0.39 is 0 Å². The molecular weight excluding hydrogens is 416 g/mol. The lowest BCUT2D eigenvalue weighted by Gasteiger charge is -2.23. The Balaban J connectivity index is 1.54. The molecule has 33 heavy (non-hydrogen) atoms. The van der Waals surface area contributed by atoms with Gasteiger partial charge >= 0.3 is 0 Å². The molecule has 0 aliphatic carbocycles. The van der Waals surface area contributed by atoms with E-state index in [2.05, 4.69) is 46.6 Å². The summed E-state index contributed by atoms with van der Waals surface area (Å²) < 4.78 is 0. The molecule has 0 saturated carbocycles. The fourth-order valence-corrected chi connectivity index (χ4v) is 4.25. The summed E-state index contributed by atoms with van der Waals surface area (Å²) in [7, 11) is 0. The van der Waals surface area contributed by atoms with Crippen LogP contribution >= 0.6 is 0 Å². The highest BCUT2D eigenvalue weighted by Gasteiger charge is 2.32. The van der Waals surface area contributed by atoms with Crippen LogP contribution < -0.4 is 5.56 Å². The largest absolute Gasteiger partial charge is 0.341 e. The Morgan fingerprint density at radius 2 is 1.70 bits per heavy atom. The number of aromatic nitrogens is 2. The van der Waals surface area contributed by atoms with Crippen molar-refractivity contribution in [1.29, 1.82) is 0 Å². The third-order valence-corrected chi connectivity index (χ3v) is 5.96. The molecule has 2 heterocycles. The molecule has 1 aliphatic heterocycles. The fraction of sp³-hybridized carbons (Fsp3) is 0.308. The highest BCUT2D eigenvalue weighted by molar-refractivity contribution is 5.93. The number of rotatable bonds is 6. The summed E-state index contributed by atoms with van der Waals surface area (Å²) in [4.78, 5) is 41.2. The van der Waals surface area contributed by atoms with Gasteiger partial charge in [0.05, 0.1) is 5.92 Å². The molecule has 1 saturated heterocycles. The second kappa shape index (κ2) is 10.3. The van der Waals surface area contributed by atoms with E-state index in [1.54, 1.807) is 4.90 Å². The van der Waals surface area contributed by atoms with Crippen molar-refractivity contribution in [2.24, 2.45) is 5.92 Å². The van der Waals surface area contributed by atoms with Crippen LogP contribution in [0.2, 0.25) is 0 Å². The first-order valence-corrected chi connectivity index (χ1v) is 11.3. The summed E-state index contributed by atoms with van der Waals surface area (Å²) in [5.41, 5.74) is 3.15. The Bertz CT molecular complexity index is 1140. The van der Waals surface area contributed by atoms with Crippen molar-refractivity contribution in [2.75, 3.05) is 26.2 Å². The molecule has 1 N–H and O–H groups in total. The molecule has 4 rings (SSSR count). The molecule has 1 fully saturated rings. The summed E-state index contributed by atoms with van der Waals surface area (Å²) in [6.45, 7) is 3.96. The van der Waals surface area contributed by atoms with Crippen molar-refractivity contribution in [2.45, 2.75) is 19.8 Å². The van der Waals surface area contributed by atoms with Gasteiger partial charge in [-0.3, -0.25) is 14.4 Å². The van der Waals surface area contributed by atoms with Crippen LogP contribution in [0, 0.1) is 5.92 Å². The minimum Gasteiger partial charge on any atom is -0.341 e. The number of aromatic amines is 1. The van der Waals surface area contributed by atoms with Crippen molar-refractivity contribution in [1.82, 2.24) is 20.0 Å². The molecule has 0 bridgehead atoms. The van der Waals surface area contributed by atoms with Crippen LogP contribution in [0.15, 0.2) is 71.5 Å². The molecule has 0 radical (unpaired) electrons. The molecule has 1 aromatic heterocycles. The van der Waals surface area contributed by atoms with E-state index in [-0.39, 0.29) is 29.0 Å². The normalized spacial score (nSPS) is 16.5. The van der Waals surface area contributed by atoms with Gasteiger partial charge in [-0.05, 0) is 35.6 Å². The van der Waals surface area contributed by atoms with Gasteiger partial charge in [0.15, 0.2) is 0 Å².